The van der Waals surface area contributed by atoms with Crippen LogP contribution in [0.2, 0.25) is 5.02 Å². The maximum atomic E-state index is 13.7. The summed E-state index contributed by atoms with van der Waals surface area (Å²) in [6.07, 6.45) is 1.36. The van der Waals surface area contributed by atoms with Gasteiger partial charge in [-0.25, -0.2) is 9.37 Å². The van der Waals surface area contributed by atoms with E-state index in [2.05, 4.69) is 15.4 Å². The van der Waals surface area contributed by atoms with Crippen molar-refractivity contribution < 1.29 is 23.1 Å². The Morgan fingerprint density at radius 2 is 1.88 bits per heavy atom. The van der Waals surface area contributed by atoms with Crippen LogP contribution in [0.1, 0.15) is 5.56 Å². The molecule has 2 aromatic heterocycles. The fourth-order valence-electron chi connectivity index (χ4n) is 4.49. The first-order chi connectivity index (χ1) is 20.9. The molecule has 0 spiro atoms. The number of para-hydroxylation sites is 2. The van der Waals surface area contributed by atoms with Crippen molar-refractivity contribution in [2.75, 3.05) is 19.0 Å². The monoisotopic (exact) mass is 596 g/mol. The number of ether oxygens (including phenoxy) is 2. The highest BCUT2D eigenvalue weighted by atomic mass is 35.5. The van der Waals surface area contributed by atoms with Gasteiger partial charge in [-0.3, -0.25) is 9.59 Å². The predicted molar refractivity (Wildman–Crippen MR) is 163 cm³/mol. The number of nitrogens with zero attached hydrogens (tertiary/aromatic N) is 3. The molecule has 1 amide bonds. The first-order valence-corrected chi connectivity index (χ1v) is 13.4. The minimum atomic E-state index is -0.535. The van der Waals surface area contributed by atoms with Crippen LogP contribution in [-0.2, 0) is 4.79 Å². The first kappa shape index (κ1) is 27.7. The van der Waals surface area contributed by atoms with Crippen molar-refractivity contribution in [3.8, 4) is 23.1 Å². The molecule has 0 unspecified atom stereocenters. The number of carbonyl (C=O) groups excluding carboxylic acids is 1. The summed E-state index contributed by atoms with van der Waals surface area (Å²) >= 11 is 6.34. The van der Waals surface area contributed by atoms with Gasteiger partial charge < -0.3 is 19.2 Å². The van der Waals surface area contributed by atoms with Gasteiger partial charge in [0, 0.05) is 27.7 Å². The molecule has 11 heteroatoms. The summed E-state index contributed by atoms with van der Waals surface area (Å²) in [5.74, 6) is -0.117. The Labute approximate surface area is 248 Å². The predicted octanol–water partition coefficient (Wildman–Crippen LogP) is 6.51. The SMILES string of the molecule is COc1cc(Cl)cc(C=Nn2c(-c3cc4ccccc4o3)nc3ccccc3c2=O)c1OCC(=O)Nc1cccc(F)c1. The van der Waals surface area contributed by atoms with Crippen LogP contribution in [0.3, 0.4) is 0 Å². The van der Waals surface area contributed by atoms with Crippen LogP contribution in [0.5, 0.6) is 11.5 Å². The van der Waals surface area contributed by atoms with Crippen molar-refractivity contribution in [3.63, 3.8) is 0 Å². The summed E-state index contributed by atoms with van der Waals surface area (Å²) in [7, 11) is 1.42. The number of furan rings is 1. The third-order valence-electron chi connectivity index (χ3n) is 6.44. The van der Waals surface area contributed by atoms with Gasteiger partial charge >= 0.3 is 0 Å². The van der Waals surface area contributed by atoms with Gasteiger partial charge in [-0.1, -0.05) is 48.0 Å². The molecule has 0 fully saturated rings. The van der Waals surface area contributed by atoms with E-state index in [-0.39, 0.29) is 23.0 Å². The molecule has 0 saturated carbocycles. The third kappa shape index (κ3) is 5.81. The number of hydrogen-bond donors (Lipinski definition) is 1. The molecule has 214 valence electrons. The number of anilines is 1. The van der Waals surface area contributed by atoms with Crippen LogP contribution in [0.25, 0.3) is 33.5 Å². The second-order valence-corrected chi connectivity index (χ2v) is 9.77. The molecular weight excluding hydrogens is 575 g/mol. The van der Waals surface area contributed by atoms with Crippen LogP contribution in [-0.4, -0.2) is 35.5 Å². The minimum absolute atomic E-state index is 0.150. The fourth-order valence-corrected chi connectivity index (χ4v) is 4.71. The minimum Gasteiger partial charge on any atom is -0.493 e. The number of fused-ring (bicyclic) bond motifs is 2. The van der Waals surface area contributed by atoms with Gasteiger partial charge in [-0.2, -0.15) is 9.78 Å². The van der Waals surface area contributed by atoms with Crippen molar-refractivity contribution in [1.82, 2.24) is 9.66 Å². The van der Waals surface area contributed by atoms with Gasteiger partial charge in [0.15, 0.2) is 23.9 Å². The molecule has 0 atom stereocenters. The molecule has 2 heterocycles. The Kier molecular flexibility index (Phi) is 7.59. The zero-order valence-corrected chi connectivity index (χ0v) is 23.3. The fraction of sp³-hybridized carbons (Fsp3) is 0.0625. The molecule has 0 saturated heterocycles. The van der Waals surface area contributed by atoms with Crippen LogP contribution < -0.4 is 20.3 Å². The topological polar surface area (TPSA) is 108 Å². The number of rotatable bonds is 8. The van der Waals surface area contributed by atoms with Crippen LogP contribution in [0, 0.1) is 5.82 Å². The summed E-state index contributed by atoms with van der Waals surface area (Å²) in [5.41, 5.74) is 1.27. The molecule has 0 aliphatic heterocycles. The maximum absolute atomic E-state index is 13.7. The van der Waals surface area contributed by atoms with E-state index in [0.29, 0.717) is 32.8 Å². The largest absolute Gasteiger partial charge is 0.493 e. The highest BCUT2D eigenvalue weighted by Crippen LogP contribution is 2.34. The van der Waals surface area contributed by atoms with E-state index in [1.807, 2.05) is 24.3 Å². The molecule has 1 N–H and O–H groups in total. The van der Waals surface area contributed by atoms with Crippen molar-refractivity contribution in [1.29, 1.82) is 0 Å². The number of methoxy groups -OCH3 is 1. The van der Waals surface area contributed by atoms with E-state index in [1.54, 1.807) is 42.5 Å². The van der Waals surface area contributed by atoms with Crippen LogP contribution >= 0.6 is 11.6 Å². The van der Waals surface area contributed by atoms with Gasteiger partial charge in [-0.15, -0.1) is 0 Å². The molecule has 4 aromatic carbocycles. The number of hydrogen-bond acceptors (Lipinski definition) is 7. The average molecular weight is 597 g/mol. The molecular formula is C32H22ClFN4O5. The quantitative estimate of drug-likeness (QED) is 0.201. The molecule has 6 rings (SSSR count). The Bertz CT molecular complexity index is 2060. The van der Waals surface area contributed by atoms with Crippen molar-refractivity contribution >= 4 is 51.3 Å². The molecule has 0 radical (unpaired) electrons. The first-order valence-electron chi connectivity index (χ1n) is 13.0. The second-order valence-electron chi connectivity index (χ2n) is 9.34. The summed E-state index contributed by atoms with van der Waals surface area (Å²) in [5, 5.41) is 8.54. The van der Waals surface area contributed by atoms with Gasteiger partial charge in [0.2, 0.25) is 5.82 Å². The Morgan fingerprint density at radius 3 is 2.70 bits per heavy atom. The lowest BCUT2D eigenvalue weighted by molar-refractivity contribution is -0.118. The number of amides is 1. The van der Waals surface area contributed by atoms with Gasteiger partial charge in [0.25, 0.3) is 11.5 Å². The number of halogens is 2. The van der Waals surface area contributed by atoms with E-state index >= 15 is 0 Å². The molecule has 9 nitrogen and oxygen atoms in total. The normalized spacial score (nSPS) is 11.3. The smallest absolute Gasteiger partial charge is 0.282 e. The highest BCUT2D eigenvalue weighted by Gasteiger charge is 2.18. The lowest BCUT2D eigenvalue weighted by atomic mass is 10.2. The third-order valence-corrected chi connectivity index (χ3v) is 6.65. The highest BCUT2D eigenvalue weighted by molar-refractivity contribution is 6.31. The molecule has 0 aliphatic carbocycles. The molecule has 0 aliphatic rings. The van der Waals surface area contributed by atoms with Gasteiger partial charge in [0.05, 0.1) is 24.2 Å². The number of aromatic nitrogens is 2. The van der Waals surface area contributed by atoms with Crippen molar-refractivity contribution in [2.24, 2.45) is 5.10 Å². The van der Waals surface area contributed by atoms with Crippen molar-refractivity contribution in [2.45, 2.75) is 0 Å². The molecule has 43 heavy (non-hydrogen) atoms. The lowest BCUT2D eigenvalue weighted by Gasteiger charge is -2.14. The van der Waals surface area contributed by atoms with Crippen LogP contribution in [0.4, 0.5) is 10.1 Å². The number of benzene rings is 4. The van der Waals surface area contributed by atoms with E-state index in [0.717, 1.165) is 10.1 Å². The Balaban J connectivity index is 1.39. The standard InChI is InChI=1S/C32H22ClFN4O5/c1-41-27-15-21(33)13-20(30(27)42-18-29(39)36-23-9-6-8-22(34)16-23)17-35-38-31(28-14-19-7-2-5-12-26(19)43-28)37-25-11-4-3-10-24(25)32(38)40/h2-17H,18H2,1H3,(H,36,39). The van der Waals surface area contributed by atoms with E-state index in [9.17, 15) is 14.0 Å². The second kappa shape index (κ2) is 11.8. The Hall–Kier alpha value is -5.48. The van der Waals surface area contributed by atoms with E-state index in [4.69, 9.17) is 25.5 Å². The summed E-state index contributed by atoms with van der Waals surface area (Å²) in [6.45, 7) is -0.433. The zero-order chi connectivity index (χ0) is 29.9. The average Bonchev–Trinajstić information content (AvgIpc) is 3.44. The molecule has 0 bridgehead atoms. The zero-order valence-electron chi connectivity index (χ0n) is 22.6. The Morgan fingerprint density at radius 1 is 1.07 bits per heavy atom. The molecule has 6 aromatic rings. The summed E-state index contributed by atoms with van der Waals surface area (Å²) < 4.78 is 31.9. The van der Waals surface area contributed by atoms with Crippen LogP contribution in [0.15, 0.2) is 105 Å². The van der Waals surface area contributed by atoms with E-state index in [1.165, 1.54) is 37.6 Å². The lowest BCUT2D eigenvalue weighted by Crippen LogP contribution is -2.21. The summed E-state index contributed by atoms with van der Waals surface area (Å²) in [4.78, 5) is 30.9. The van der Waals surface area contributed by atoms with Crippen molar-refractivity contribution in [3.05, 3.63) is 118 Å². The van der Waals surface area contributed by atoms with Gasteiger partial charge in [0.1, 0.15) is 11.4 Å². The maximum Gasteiger partial charge on any atom is 0.282 e. The number of nitrogens with one attached hydrogen (secondary N) is 1. The summed E-state index contributed by atoms with van der Waals surface area (Å²) in [6, 6.07) is 24.7. The van der Waals surface area contributed by atoms with E-state index < -0.39 is 23.9 Å². The van der Waals surface area contributed by atoms with Gasteiger partial charge in [-0.05, 0) is 48.5 Å². The number of carbonyl (C=O) groups is 1.